The second kappa shape index (κ2) is 7.12. The molecule has 1 aliphatic heterocycles. The van der Waals surface area contributed by atoms with Crippen LogP contribution in [0.25, 0.3) is 22.2 Å². The summed E-state index contributed by atoms with van der Waals surface area (Å²) < 4.78 is 12.3. The van der Waals surface area contributed by atoms with Crippen LogP contribution < -0.4 is 10.1 Å². The summed E-state index contributed by atoms with van der Waals surface area (Å²) in [4.78, 5) is 36.6. The number of benzene rings is 2. The molecule has 9 heteroatoms. The Balaban J connectivity index is 2.01. The summed E-state index contributed by atoms with van der Waals surface area (Å²) in [6.45, 7) is 5.34. The van der Waals surface area contributed by atoms with Gasteiger partial charge < -0.3 is 14.8 Å². The zero-order valence-electron chi connectivity index (χ0n) is 17.5. The Bertz CT molecular complexity index is 1250. The minimum atomic E-state index is -0.744. The Hall–Kier alpha value is -3.88. The average molecular weight is 423 g/mol. The van der Waals surface area contributed by atoms with Gasteiger partial charge in [0.05, 0.1) is 40.9 Å². The Morgan fingerprint density at radius 1 is 1.19 bits per heavy atom. The topological polar surface area (TPSA) is 113 Å². The van der Waals surface area contributed by atoms with Crippen LogP contribution in [0.3, 0.4) is 0 Å². The average Bonchev–Trinajstić information content (AvgIpc) is 3.26. The SMILES string of the molecule is COc1ccc2c(c1)cc(-c1ccc([N+](=O)[O-])c3c1C(=O)NC3)n2C(=O)OC(C)(C)C. The smallest absolute Gasteiger partial charge is 0.419 e. The molecule has 9 nitrogen and oxygen atoms in total. The Morgan fingerprint density at radius 3 is 2.58 bits per heavy atom. The summed E-state index contributed by atoms with van der Waals surface area (Å²) >= 11 is 0. The van der Waals surface area contributed by atoms with Gasteiger partial charge in [0, 0.05) is 17.0 Å². The van der Waals surface area contributed by atoms with Crippen LogP contribution in [0.4, 0.5) is 10.5 Å². The van der Waals surface area contributed by atoms with Crippen LogP contribution in [0.2, 0.25) is 0 Å². The largest absolute Gasteiger partial charge is 0.497 e. The number of carbonyl (C=O) groups excluding carboxylic acids is 2. The van der Waals surface area contributed by atoms with Gasteiger partial charge in [-0.1, -0.05) is 0 Å². The van der Waals surface area contributed by atoms with E-state index in [-0.39, 0.29) is 17.8 Å². The van der Waals surface area contributed by atoms with Crippen LogP contribution >= 0.6 is 0 Å². The molecule has 2 aromatic carbocycles. The molecule has 0 unspecified atom stereocenters. The van der Waals surface area contributed by atoms with Crippen molar-refractivity contribution in [2.45, 2.75) is 32.9 Å². The summed E-state index contributed by atoms with van der Waals surface area (Å²) in [5, 5.41) is 14.8. The van der Waals surface area contributed by atoms with Crippen LogP contribution in [0, 0.1) is 10.1 Å². The standard InChI is InChI=1S/C22H21N3O6/c1-22(2,3)31-21(27)24-16-7-5-13(30-4)9-12(16)10-18(24)14-6-8-17(25(28)29)15-11-23-20(26)19(14)15/h5-10H,11H2,1-4H3,(H,23,26). The van der Waals surface area contributed by atoms with E-state index < -0.39 is 22.5 Å². The van der Waals surface area contributed by atoms with Gasteiger partial charge in [-0.05, 0) is 51.1 Å². The number of hydrogen-bond acceptors (Lipinski definition) is 6. The highest BCUT2D eigenvalue weighted by atomic mass is 16.6. The van der Waals surface area contributed by atoms with Crippen molar-refractivity contribution < 1.29 is 24.0 Å². The molecule has 0 radical (unpaired) electrons. The lowest BCUT2D eigenvalue weighted by atomic mass is 9.98. The van der Waals surface area contributed by atoms with Crippen LogP contribution in [-0.2, 0) is 11.3 Å². The summed E-state index contributed by atoms with van der Waals surface area (Å²) in [7, 11) is 1.54. The van der Waals surface area contributed by atoms with Gasteiger partial charge >= 0.3 is 6.09 Å². The zero-order chi connectivity index (χ0) is 22.5. The number of methoxy groups -OCH3 is 1. The fourth-order valence-electron chi connectivity index (χ4n) is 3.74. The molecule has 160 valence electrons. The highest BCUT2D eigenvalue weighted by molar-refractivity contribution is 6.07. The Labute approximate surface area is 177 Å². The first kappa shape index (κ1) is 20.4. The van der Waals surface area contributed by atoms with Gasteiger partial charge in [-0.3, -0.25) is 14.9 Å². The number of amides is 1. The van der Waals surface area contributed by atoms with Crippen LogP contribution in [0.5, 0.6) is 5.75 Å². The first-order valence-electron chi connectivity index (χ1n) is 9.62. The maximum absolute atomic E-state index is 13.1. The summed E-state index contributed by atoms with van der Waals surface area (Å²) in [5.74, 6) is 0.180. The van der Waals surface area contributed by atoms with Gasteiger partial charge in [0.1, 0.15) is 11.4 Å². The molecule has 0 spiro atoms. The predicted molar refractivity (Wildman–Crippen MR) is 113 cm³/mol. The molecule has 2 heterocycles. The van der Waals surface area contributed by atoms with Crippen LogP contribution in [0.15, 0.2) is 36.4 Å². The maximum atomic E-state index is 13.1. The molecule has 0 fully saturated rings. The Kier molecular flexibility index (Phi) is 4.68. The lowest BCUT2D eigenvalue weighted by Gasteiger charge is -2.21. The molecule has 3 aromatic rings. The highest BCUT2D eigenvalue weighted by Gasteiger charge is 2.33. The quantitative estimate of drug-likeness (QED) is 0.498. The fraction of sp³-hybridized carbons (Fsp3) is 0.273. The normalized spacial score (nSPS) is 13.1. The molecule has 0 atom stereocenters. The molecule has 0 saturated heterocycles. The number of nitrogens with one attached hydrogen (secondary N) is 1. The molecule has 31 heavy (non-hydrogen) atoms. The molecule has 1 aliphatic rings. The van der Waals surface area contributed by atoms with Crippen LogP contribution in [0.1, 0.15) is 36.7 Å². The molecule has 0 aliphatic carbocycles. The number of rotatable bonds is 3. The summed E-state index contributed by atoms with van der Waals surface area (Å²) in [5.41, 5.74) is 0.984. The summed E-state index contributed by atoms with van der Waals surface area (Å²) in [6.07, 6.45) is -0.617. The number of ether oxygens (including phenoxy) is 2. The highest BCUT2D eigenvalue weighted by Crippen LogP contribution is 2.38. The first-order valence-corrected chi connectivity index (χ1v) is 9.62. The van der Waals surface area contributed by atoms with E-state index in [2.05, 4.69) is 5.32 Å². The third-order valence-corrected chi connectivity index (χ3v) is 5.00. The van der Waals surface area contributed by atoms with Gasteiger partial charge in [0.15, 0.2) is 0 Å². The van der Waals surface area contributed by atoms with E-state index in [1.807, 2.05) is 0 Å². The van der Waals surface area contributed by atoms with E-state index in [9.17, 15) is 19.7 Å². The molecule has 1 aromatic heterocycles. The van der Waals surface area contributed by atoms with Crippen molar-refractivity contribution in [1.29, 1.82) is 0 Å². The van der Waals surface area contributed by atoms with Crippen molar-refractivity contribution in [2.24, 2.45) is 0 Å². The van der Waals surface area contributed by atoms with Gasteiger partial charge in [0.2, 0.25) is 0 Å². The number of nitro groups is 1. The molecule has 1 amide bonds. The minimum Gasteiger partial charge on any atom is -0.497 e. The van der Waals surface area contributed by atoms with E-state index in [0.717, 1.165) is 0 Å². The van der Waals surface area contributed by atoms with Crippen molar-refractivity contribution >= 4 is 28.6 Å². The monoisotopic (exact) mass is 423 g/mol. The minimum absolute atomic E-state index is 0.0544. The van der Waals surface area contributed by atoms with E-state index in [0.29, 0.717) is 33.5 Å². The first-order chi connectivity index (χ1) is 14.6. The van der Waals surface area contributed by atoms with Crippen LogP contribution in [-0.4, -0.2) is 34.2 Å². The second-order valence-corrected chi connectivity index (χ2v) is 8.20. The number of nitro benzene ring substituents is 1. The van der Waals surface area contributed by atoms with Gasteiger partial charge in [0.25, 0.3) is 11.6 Å². The fourth-order valence-corrected chi connectivity index (χ4v) is 3.74. The molecular formula is C22H21N3O6. The number of fused-ring (bicyclic) bond motifs is 2. The number of aromatic nitrogens is 1. The van der Waals surface area contributed by atoms with E-state index in [4.69, 9.17) is 9.47 Å². The van der Waals surface area contributed by atoms with Crippen molar-refractivity contribution in [2.75, 3.05) is 7.11 Å². The van der Waals surface area contributed by atoms with Gasteiger partial charge in [-0.25, -0.2) is 9.36 Å². The zero-order valence-corrected chi connectivity index (χ0v) is 17.5. The van der Waals surface area contributed by atoms with Crippen molar-refractivity contribution in [1.82, 2.24) is 9.88 Å². The molecule has 0 saturated carbocycles. The maximum Gasteiger partial charge on any atom is 0.419 e. The van der Waals surface area contributed by atoms with Crippen molar-refractivity contribution in [3.05, 3.63) is 57.6 Å². The second-order valence-electron chi connectivity index (χ2n) is 8.20. The lowest BCUT2D eigenvalue weighted by Crippen LogP contribution is -2.27. The predicted octanol–water partition coefficient (Wildman–Crippen LogP) is 4.25. The van der Waals surface area contributed by atoms with E-state index in [1.165, 1.54) is 16.7 Å². The number of carbonyl (C=O) groups is 2. The molecule has 0 bridgehead atoms. The number of nitrogens with zero attached hydrogens (tertiary/aromatic N) is 2. The lowest BCUT2D eigenvalue weighted by molar-refractivity contribution is -0.385. The third-order valence-electron chi connectivity index (χ3n) is 5.00. The molecule has 1 N–H and O–H groups in total. The van der Waals surface area contributed by atoms with Crippen molar-refractivity contribution in [3.8, 4) is 17.0 Å². The van der Waals surface area contributed by atoms with E-state index >= 15 is 0 Å². The number of hydrogen-bond donors (Lipinski definition) is 1. The third kappa shape index (κ3) is 3.48. The van der Waals surface area contributed by atoms with Crippen molar-refractivity contribution in [3.63, 3.8) is 0 Å². The molecule has 4 rings (SSSR count). The van der Waals surface area contributed by atoms with Gasteiger partial charge in [-0.15, -0.1) is 0 Å². The van der Waals surface area contributed by atoms with E-state index in [1.54, 1.807) is 52.1 Å². The van der Waals surface area contributed by atoms with Gasteiger partial charge in [-0.2, -0.15) is 0 Å². The molecular weight excluding hydrogens is 402 g/mol. The Morgan fingerprint density at radius 2 is 1.94 bits per heavy atom. The summed E-state index contributed by atoms with van der Waals surface area (Å²) in [6, 6.07) is 9.81.